The normalized spacial score (nSPS) is 40.7. The first-order chi connectivity index (χ1) is 11.2. The van der Waals surface area contributed by atoms with E-state index in [2.05, 4.69) is 13.8 Å². The lowest BCUT2D eigenvalue weighted by atomic mass is 9.48. The first-order valence-corrected chi connectivity index (χ1v) is 9.10. The van der Waals surface area contributed by atoms with Gasteiger partial charge in [-0.1, -0.05) is 36.6 Å². The second-order valence-electron chi connectivity index (χ2n) is 8.53. The molecule has 4 N–H and O–H groups in total. The van der Waals surface area contributed by atoms with Crippen LogP contribution in [-0.2, 0) is 0 Å². The number of hydrogen-bond donors (Lipinski definition) is 4. The van der Waals surface area contributed by atoms with Crippen LogP contribution in [0.3, 0.4) is 0 Å². The van der Waals surface area contributed by atoms with E-state index in [0.717, 1.165) is 18.4 Å². The third-order valence-electron chi connectivity index (χ3n) is 6.47. The summed E-state index contributed by atoms with van der Waals surface area (Å²) in [6, 6.07) is 0. The molecule has 138 valence electrons. The second kappa shape index (κ2) is 7.28. The Labute approximate surface area is 145 Å². The molecule has 0 aromatic carbocycles. The maximum atomic E-state index is 10.8. The lowest BCUT2D eigenvalue weighted by Gasteiger charge is -2.58. The van der Waals surface area contributed by atoms with E-state index in [9.17, 15) is 15.3 Å². The van der Waals surface area contributed by atoms with Crippen molar-refractivity contribution in [2.75, 3.05) is 13.2 Å². The smallest absolute Gasteiger partial charge is 0.0619 e. The van der Waals surface area contributed by atoms with Crippen molar-refractivity contribution < 1.29 is 20.4 Å². The molecule has 1 saturated carbocycles. The molecule has 4 nitrogen and oxygen atoms in total. The average Bonchev–Trinajstić information content (AvgIpc) is 2.45. The number of aliphatic hydroxyl groups is 4. The molecule has 0 radical (unpaired) electrons. The third kappa shape index (κ3) is 3.48. The van der Waals surface area contributed by atoms with Gasteiger partial charge in [-0.3, -0.25) is 0 Å². The van der Waals surface area contributed by atoms with Gasteiger partial charge in [0.05, 0.1) is 18.8 Å². The molecule has 2 aliphatic carbocycles. The summed E-state index contributed by atoms with van der Waals surface area (Å²) < 4.78 is 0. The quantitative estimate of drug-likeness (QED) is 0.581. The van der Waals surface area contributed by atoms with E-state index in [1.807, 2.05) is 19.9 Å². The van der Waals surface area contributed by atoms with Gasteiger partial charge < -0.3 is 20.4 Å². The number of hydrogen-bond acceptors (Lipinski definition) is 4. The largest absolute Gasteiger partial charge is 0.396 e. The van der Waals surface area contributed by atoms with Crippen molar-refractivity contribution in [2.24, 2.45) is 16.7 Å². The molecule has 0 heterocycles. The van der Waals surface area contributed by atoms with Crippen molar-refractivity contribution in [1.29, 1.82) is 0 Å². The molecule has 0 amide bonds. The van der Waals surface area contributed by atoms with Crippen LogP contribution in [0, 0.1) is 16.7 Å². The minimum atomic E-state index is -0.475. The standard InChI is InChI=1S/C20H34O4/c1-13(7-8-21)5-6-16-14(2)9-17(24)18-19(3,12-22)10-15(23)11-20(16,18)4/h7,15,17-18,21-24H,5-6,8-12H2,1-4H3/b13-7+/t15-,17-,18-,19-,20+/m0/s1. The number of fused-ring (bicyclic) bond motifs is 1. The summed E-state index contributed by atoms with van der Waals surface area (Å²) in [7, 11) is 0. The predicted octanol–water partition coefficient (Wildman–Crippen LogP) is 2.56. The monoisotopic (exact) mass is 338 g/mol. The zero-order chi connectivity index (χ0) is 18.1. The SMILES string of the molecule is CC1=C(CC/C(C)=C/CO)[C@@]2(C)C[C@@H](O)C[C@@](C)(CO)[C@@H]2[C@@H](O)C1. The lowest BCUT2D eigenvalue weighted by Crippen LogP contribution is -2.57. The summed E-state index contributed by atoms with van der Waals surface area (Å²) in [6.07, 6.45) is 4.48. The fourth-order valence-corrected chi connectivity index (χ4v) is 5.61. The van der Waals surface area contributed by atoms with Crippen molar-refractivity contribution in [3.63, 3.8) is 0 Å². The van der Waals surface area contributed by atoms with E-state index >= 15 is 0 Å². The molecule has 0 unspecified atom stereocenters. The van der Waals surface area contributed by atoms with E-state index in [1.54, 1.807) is 0 Å². The summed E-state index contributed by atoms with van der Waals surface area (Å²) >= 11 is 0. The lowest BCUT2D eigenvalue weighted by molar-refractivity contribution is -0.136. The fourth-order valence-electron chi connectivity index (χ4n) is 5.61. The number of aliphatic hydroxyl groups excluding tert-OH is 4. The molecule has 0 saturated heterocycles. The Morgan fingerprint density at radius 1 is 1.21 bits per heavy atom. The molecule has 2 aliphatic rings. The van der Waals surface area contributed by atoms with Crippen molar-refractivity contribution in [2.45, 2.75) is 72.0 Å². The Morgan fingerprint density at radius 3 is 2.46 bits per heavy atom. The Morgan fingerprint density at radius 2 is 1.88 bits per heavy atom. The van der Waals surface area contributed by atoms with Gasteiger partial charge in [-0.05, 0) is 56.8 Å². The summed E-state index contributed by atoms with van der Waals surface area (Å²) in [5.74, 6) is -0.0424. The highest BCUT2D eigenvalue weighted by molar-refractivity contribution is 5.30. The summed E-state index contributed by atoms with van der Waals surface area (Å²) in [6.45, 7) is 8.30. The Hall–Kier alpha value is -0.680. The molecule has 0 aromatic rings. The zero-order valence-corrected chi connectivity index (χ0v) is 15.5. The molecule has 2 rings (SSSR count). The molecule has 1 fully saturated rings. The minimum absolute atomic E-state index is 0.0167. The molecule has 0 spiro atoms. The van der Waals surface area contributed by atoms with Gasteiger partial charge in [-0.2, -0.15) is 0 Å². The predicted molar refractivity (Wildman–Crippen MR) is 95.4 cm³/mol. The van der Waals surface area contributed by atoms with Crippen LogP contribution in [0.15, 0.2) is 22.8 Å². The van der Waals surface area contributed by atoms with E-state index in [4.69, 9.17) is 5.11 Å². The van der Waals surface area contributed by atoms with Crippen molar-refractivity contribution in [1.82, 2.24) is 0 Å². The van der Waals surface area contributed by atoms with Gasteiger partial charge in [0, 0.05) is 12.5 Å². The Bertz CT molecular complexity index is 524. The summed E-state index contributed by atoms with van der Waals surface area (Å²) in [5.41, 5.74) is 2.93. The van der Waals surface area contributed by atoms with Crippen LogP contribution in [0.4, 0.5) is 0 Å². The van der Waals surface area contributed by atoms with E-state index in [0.29, 0.717) is 19.3 Å². The number of rotatable bonds is 5. The molecule has 5 atom stereocenters. The maximum absolute atomic E-state index is 10.8. The summed E-state index contributed by atoms with van der Waals surface area (Å²) in [5, 5.41) is 40.3. The van der Waals surface area contributed by atoms with Crippen molar-refractivity contribution in [3.05, 3.63) is 22.8 Å². The Kier molecular flexibility index (Phi) is 5.96. The van der Waals surface area contributed by atoms with E-state index in [1.165, 1.54) is 11.1 Å². The van der Waals surface area contributed by atoms with Gasteiger partial charge in [0.2, 0.25) is 0 Å². The van der Waals surface area contributed by atoms with Gasteiger partial charge >= 0.3 is 0 Å². The van der Waals surface area contributed by atoms with Crippen LogP contribution in [0.2, 0.25) is 0 Å². The van der Waals surface area contributed by atoms with Gasteiger partial charge in [-0.15, -0.1) is 0 Å². The van der Waals surface area contributed by atoms with Crippen LogP contribution in [0.1, 0.15) is 59.8 Å². The van der Waals surface area contributed by atoms with Gasteiger partial charge in [-0.25, -0.2) is 0 Å². The summed E-state index contributed by atoms with van der Waals surface area (Å²) in [4.78, 5) is 0. The van der Waals surface area contributed by atoms with Crippen LogP contribution >= 0.6 is 0 Å². The molecule has 0 bridgehead atoms. The molecule has 0 aromatic heterocycles. The van der Waals surface area contributed by atoms with Gasteiger partial charge in [0.15, 0.2) is 0 Å². The second-order valence-corrected chi connectivity index (χ2v) is 8.53. The third-order valence-corrected chi connectivity index (χ3v) is 6.47. The minimum Gasteiger partial charge on any atom is -0.396 e. The molecular weight excluding hydrogens is 304 g/mol. The van der Waals surface area contributed by atoms with Crippen molar-refractivity contribution in [3.8, 4) is 0 Å². The molecule has 0 aliphatic heterocycles. The highest BCUT2D eigenvalue weighted by atomic mass is 16.3. The van der Waals surface area contributed by atoms with E-state index < -0.39 is 17.6 Å². The molecule has 24 heavy (non-hydrogen) atoms. The fraction of sp³-hybridized carbons (Fsp3) is 0.800. The Balaban J connectivity index is 2.39. The van der Waals surface area contributed by atoms with Gasteiger partial charge in [0.1, 0.15) is 0 Å². The first kappa shape index (κ1) is 19.6. The molecular formula is C20H34O4. The number of allylic oxidation sites excluding steroid dienone is 2. The van der Waals surface area contributed by atoms with Crippen LogP contribution in [0.25, 0.3) is 0 Å². The van der Waals surface area contributed by atoms with Crippen LogP contribution < -0.4 is 0 Å². The van der Waals surface area contributed by atoms with Crippen LogP contribution in [0.5, 0.6) is 0 Å². The first-order valence-electron chi connectivity index (χ1n) is 9.10. The highest BCUT2D eigenvalue weighted by Gasteiger charge is 2.57. The van der Waals surface area contributed by atoms with Crippen molar-refractivity contribution >= 4 is 0 Å². The van der Waals surface area contributed by atoms with Crippen LogP contribution in [-0.4, -0.2) is 45.8 Å². The molecule has 4 heteroatoms. The van der Waals surface area contributed by atoms with E-state index in [-0.39, 0.29) is 24.5 Å². The zero-order valence-electron chi connectivity index (χ0n) is 15.5. The average molecular weight is 338 g/mol. The highest BCUT2D eigenvalue weighted by Crippen LogP contribution is 2.60. The maximum Gasteiger partial charge on any atom is 0.0619 e. The topological polar surface area (TPSA) is 80.9 Å². The van der Waals surface area contributed by atoms with Gasteiger partial charge in [0.25, 0.3) is 0 Å².